The molecule has 0 bridgehead atoms. The van der Waals surface area contributed by atoms with Crippen LogP contribution in [0.15, 0.2) is 47.8 Å². The van der Waals surface area contributed by atoms with Gasteiger partial charge in [-0.05, 0) is 54.8 Å². The van der Waals surface area contributed by atoms with Crippen LogP contribution in [0.3, 0.4) is 0 Å². The summed E-state index contributed by atoms with van der Waals surface area (Å²) in [4.78, 5) is 5.34. The standard InChI is InChI=1S/C20H26N6S/c1-20(2,3)26-19(21-22-23-26)18(17-10-7-15-27-17)25-13-11-24(12-14-25)16-8-5-4-6-9-16/h4-10,15,18H,11-14H2,1-3H3/p+1/t18-/m1/s1. The number of rotatable bonds is 4. The Morgan fingerprint density at radius 3 is 2.41 bits per heavy atom. The maximum Gasteiger partial charge on any atom is 0.215 e. The minimum atomic E-state index is -0.139. The summed E-state index contributed by atoms with van der Waals surface area (Å²) in [5, 5.41) is 14.9. The average Bonchev–Trinajstić information content (AvgIpc) is 3.36. The quantitative estimate of drug-likeness (QED) is 0.749. The summed E-state index contributed by atoms with van der Waals surface area (Å²) >= 11 is 1.80. The lowest BCUT2D eigenvalue weighted by Gasteiger charge is -2.37. The molecule has 3 heterocycles. The molecular formula is C20H27N6S+. The second-order valence-electron chi connectivity index (χ2n) is 8.05. The van der Waals surface area contributed by atoms with Gasteiger partial charge in [-0.3, -0.25) is 0 Å². The lowest BCUT2D eigenvalue weighted by atomic mass is 10.1. The fourth-order valence-corrected chi connectivity index (χ4v) is 4.68. The molecule has 7 heteroatoms. The lowest BCUT2D eigenvalue weighted by molar-refractivity contribution is -0.926. The Morgan fingerprint density at radius 2 is 1.78 bits per heavy atom. The average molecular weight is 384 g/mol. The fraction of sp³-hybridized carbons (Fsp3) is 0.450. The molecule has 142 valence electrons. The Labute approximate surface area is 164 Å². The van der Waals surface area contributed by atoms with Crippen molar-refractivity contribution < 1.29 is 4.90 Å². The van der Waals surface area contributed by atoms with E-state index in [1.165, 1.54) is 15.5 Å². The van der Waals surface area contributed by atoms with Crippen LogP contribution in [0.1, 0.15) is 37.5 Å². The first-order valence-corrected chi connectivity index (χ1v) is 10.4. The molecule has 0 unspecified atom stereocenters. The summed E-state index contributed by atoms with van der Waals surface area (Å²) in [5.41, 5.74) is 1.17. The van der Waals surface area contributed by atoms with Gasteiger partial charge in [0.05, 0.1) is 36.6 Å². The van der Waals surface area contributed by atoms with Crippen LogP contribution < -0.4 is 9.80 Å². The molecule has 1 atom stereocenters. The number of nitrogens with zero attached hydrogens (tertiary/aromatic N) is 5. The van der Waals surface area contributed by atoms with E-state index in [1.54, 1.807) is 11.3 Å². The third kappa shape index (κ3) is 3.75. The largest absolute Gasteiger partial charge is 0.360 e. The minimum absolute atomic E-state index is 0.139. The van der Waals surface area contributed by atoms with Gasteiger partial charge < -0.3 is 9.80 Å². The highest BCUT2D eigenvalue weighted by molar-refractivity contribution is 7.10. The van der Waals surface area contributed by atoms with Crippen molar-refractivity contribution in [3.05, 3.63) is 58.5 Å². The first-order valence-electron chi connectivity index (χ1n) is 9.51. The van der Waals surface area contributed by atoms with Crippen LogP contribution in [-0.4, -0.2) is 46.4 Å². The number of nitrogens with one attached hydrogen (secondary N) is 1. The summed E-state index contributed by atoms with van der Waals surface area (Å²) in [7, 11) is 0. The van der Waals surface area contributed by atoms with Crippen LogP contribution in [0.2, 0.25) is 0 Å². The Bertz CT molecular complexity index is 844. The minimum Gasteiger partial charge on any atom is -0.360 e. The third-order valence-electron chi connectivity index (χ3n) is 5.15. The van der Waals surface area contributed by atoms with Gasteiger partial charge in [0.15, 0.2) is 6.04 Å². The van der Waals surface area contributed by atoms with E-state index in [-0.39, 0.29) is 11.6 Å². The Hall–Kier alpha value is -2.25. The SMILES string of the molecule is CC(C)(C)n1nnnc1[C@@H](c1cccs1)[NH+]1CCN(c2ccccc2)CC1. The predicted octanol–water partition coefficient (Wildman–Crippen LogP) is 1.98. The zero-order valence-corrected chi connectivity index (χ0v) is 17.0. The van der Waals surface area contributed by atoms with Gasteiger partial charge in [-0.2, -0.15) is 0 Å². The third-order valence-corrected chi connectivity index (χ3v) is 6.09. The predicted molar refractivity (Wildman–Crippen MR) is 108 cm³/mol. The number of benzene rings is 1. The van der Waals surface area contributed by atoms with Gasteiger partial charge in [0.25, 0.3) is 0 Å². The number of tetrazole rings is 1. The van der Waals surface area contributed by atoms with Gasteiger partial charge in [-0.25, -0.2) is 4.68 Å². The fourth-order valence-electron chi connectivity index (χ4n) is 3.80. The Morgan fingerprint density at radius 1 is 1.04 bits per heavy atom. The van der Waals surface area contributed by atoms with Crippen molar-refractivity contribution in [1.82, 2.24) is 20.2 Å². The molecular weight excluding hydrogens is 356 g/mol. The molecule has 1 saturated heterocycles. The Kier molecular flexibility index (Phi) is 4.97. The van der Waals surface area contributed by atoms with Gasteiger partial charge in [-0.1, -0.05) is 24.3 Å². The maximum atomic E-state index is 4.47. The van der Waals surface area contributed by atoms with Crippen molar-refractivity contribution in [2.24, 2.45) is 0 Å². The number of hydrogen-bond acceptors (Lipinski definition) is 5. The number of anilines is 1. The molecule has 0 radical (unpaired) electrons. The van der Waals surface area contributed by atoms with E-state index in [9.17, 15) is 0 Å². The summed E-state index contributed by atoms with van der Waals surface area (Å²) in [6.07, 6.45) is 0. The molecule has 4 rings (SSSR count). The van der Waals surface area contributed by atoms with Gasteiger partial charge >= 0.3 is 0 Å². The van der Waals surface area contributed by atoms with E-state index in [0.717, 1.165) is 32.0 Å². The molecule has 1 N–H and O–H groups in total. The molecule has 1 aromatic carbocycles. The lowest BCUT2D eigenvalue weighted by Crippen LogP contribution is -3.15. The molecule has 0 amide bonds. The van der Waals surface area contributed by atoms with E-state index >= 15 is 0 Å². The molecule has 0 saturated carbocycles. The van der Waals surface area contributed by atoms with Gasteiger partial charge in [0.2, 0.25) is 5.82 Å². The van der Waals surface area contributed by atoms with Gasteiger partial charge in [0, 0.05) is 5.69 Å². The molecule has 1 aliphatic rings. The Balaban J connectivity index is 1.60. The molecule has 27 heavy (non-hydrogen) atoms. The number of para-hydroxylation sites is 1. The van der Waals surface area contributed by atoms with E-state index in [4.69, 9.17) is 0 Å². The van der Waals surface area contributed by atoms with E-state index in [0.29, 0.717) is 0 Å². The second kappa shape index (κ2) is 7.40. The van der Waals surface area contributed by atoms with Crippen molar-refractivity contribution in [3.8, 4) is 0 Å². The van der Waals surface area contributed by atoms with Crippen LogP contribution in [-0.2, 0) is 5.54 Å². The first kappa shape index (κ1) is 18.1. The number of quaternary nitrogens is 1. The van der Waals surface area contributed by atoms with Crippen LogP contribution in [0, 0.1) is 0 Å². The van der Waals surface area contributed by atoms with Crippen molar-refractivity contribution in [2.45, 2.75) is 32.4 Å². The molecule has 6 nitrogen and oxygen atoms in total. The highest BCUT2D eigenvalue weighted by Crippen LogP contribution is 2.25. The number of piperazine rings is 1. The van der Waals surface area contributed by atoms with Crippen molar-refractivity contribution in [3.63, 3.8) is 0 Å². The van der Waals surface area contributed by atoms with E-state index in [2.05, 4.69) is 89.0 Å². The monoisotopic (exact) mass is 383 g/mol. The van der Waals surface area contributed by atoms with Crippen LogP contribution in [0.25, 0.3) is 0 Å². The van der Waals surface area contributed by atoms with Gasteiger partial charge in [0.1, 0.15) is 0 Å². The number of aromatic nitrogens is 4. The van der Waals surface area contributed by atoms with E-state index in [1.807, 2.05) is 4.68 Å². The number of thiophene rings is 1. The zero-order chi connectivity index (χ0) is 18.9. The highest BCUT2D eigenvalue weighted by Gasteiger charge is 2.36. The molecule has 3 aromatic rings. The molecule has 0 aliphatic carbocycles. The summed E-state index contributed by atoms with van der Waals surface area (Å²) < 4.78 is 1.99. The molecule has 1 aliphatic heterocycles. The number of hydrogen-bond donors (Lipinski definition) is 1. The van der Waals surface area contributed by atoms with Crippen LogP contribution in [0.4, 0.5) is 5.69 Å². The molecule has 0 spiro atoms. The maximum absolute atomic E-state index is 4.47. The van der Waals surface area contributed by atoms with Crippen molar-refractivity contribution in [1.29, 1.82) is 0 Å². The normalized spacial score (nSPS) is 17.2. The summed E-state index contributed by atoms with van der Waals surface area (Å²) in [6, 6.07) is 15.2. The summed E-state index contributed by atoms with van der Waals surface area (Å²) in [5.74, 6) is 0.966. The van der Waals surface area contributed by atoms with Crippen molar-refractivity contribution >= 4 is 17.0 Å². The van der Waals surface area contributed by atoms with Crippen molar-refractivity contribution in [2.75, 3.05) is 31.1 Å². The smallest absolute Gasteiger partial charge is 0.215 e. The molecule has 1 fully saturated rings. The van der Waals surface area contributed by atoms with Gasteiger partial charge in [-0.15, -0.1) is 16.4 Å². The summed E-state index contributed by atoms with van der Waals surface area (Å²) in [6.45, 7) is 10.7. The topological polar surface area (TPSA) is 51.3 Å². The van der Waals surface area contributed by atoms with E-state index < -0.39 is 0 Å². The first-order chi connectivity index (χ1) is 13.0. The van der Waals surface area contributed by atoms with Crippen LogP contribution >= 0.6 is 11.3 Å². The highest BCUT2D eigenvalue weighted by atomic mass is 32.1. The second-order valence-corrected chi connectivity index (χ2v) is 9.03. The molecule has 2 aromatic heterocycles. The van der Waals surface area contributed by atoms with Crippen LogP contribution in [0.5, 0.6) is 0 Å². The zero-order valence-electron chi connectivity index (χ0n) is 16.2.